The molecule has 0 spiro atoms. The van der Waals surface area contributed by atoms with Crippen LogP contribution in [0.15, 0.2) is 29.2 Å². The van der Waals surface area contributed by atoms with E-state index < -0.39 is 21.5 Å². The summed E-state index contributed by atoms with van der Waals surface area (Å²) >= 11 is 1.12. The van der Waals surface area contributed by atoms with Crippen LogP contribution in [0.25, 0.3) is 0 Å². The van der Waals surface area contributed by atoms with Crippen LogP contribution in [0.3, 0.4) is 0 Å². The van der Waals surface area contributed by atoms with Gasteiger partial charge in [-0.25, -0.2) is 22.9 Å². The fourth-order valence-electron chi connectivity index (χ4n) is 3.08. The van der Waals surface area contributed by atoms with Crippen molar-refractivity contribution in [3.63, 3.8) is 0 Å². The highest BCUT2D eigenvalue weighted by molar-refractivity contribution is 7.89. The summed E-state index contributed by atoms with van der Waals surface area (Å²) in [6, 6.07) is 5.84. The number of unbranched alkanes of at least 4 members (excludes halogenated alkanes) is 2. The van der Waals surface area contributed by atoms with Gasteiger partial charge in [-0.3, -0.25) is 9.69 Å². The summed E-state index contributed by atoms with van der Waals surface area (Å²) in [4.78, 5) is 32.0. The fourth-order valence-corrected chi connectivity index (χ4v) is 5.49. The Morgan fingerprint density at radius 1 is 1.12 bits per heavy atom. The third kappa shape index (κ3) is 7.35. The zero-order valence-corrected chi connectivity index (χ0v) is 21.7. The highest BCUT2D eigenvalue weighted by Crippen LogP contribution is 2.29. The second-order valence-electron chi connectivity index (χ2n) is 8.68. The average Bonchev–Trinajstić information content (AvgIpc) is 3.11. The number of hydrogen-bond acceptors (Lipinski definition) is 7. The van der Waals surface area contributed by atoms with Gasteiger partial charge in [0, 0.05) is 17.6 Å². The minimum atomic E-state index is -3.70. The molecule has 182 valence electrons. The Labute approximate surface area is 200 Å². The van der Waals surface area contributed by atoms with Crippen LogP contribution in [0.1, 0.15) is 79.6 Å². The molecule has 1 amide bonds. The molecular weight excluding hydrogens is 462 g/mol. The molecule has 8 nitrogen and oxygen atoms in total. The predicted octanol–water partition coefficient (Wildman–Crippen LogP) is 4.54. The van der Waals surface area contributed by atoms with Crippen molar-refractivity contribution in [2.45, 2.75) is 71.2 Å². The van der Waals surface area contributed by atoms with Gasteiger partial charge in [-0.2, -0.15) is 0 Å². The zero-order chi connectivity index (χ0) is 24.8. The van der Waals surface area contributed by atoms with E-state index in [-0.39, 0.29) is 17.4 Å². The maximum absolute atomic E-state index is 13.4. The van der Waals surface area contributed by atoms with E-state index in [2.05, 4.69) is 16.6 Å². The number of benzene rings is 1. The molecule has 10 heteroatoms. The van der Waals surface area contributed by atoms with Crippen LogP contribution in [0.2, 0.25) is 0 Å². The molecule has 33 heavy (non-hydrogen) atoms. The average molecular weight is 496 g/mol. The van der Waals surface area contributed by atoms with Gasteiger partial charge in [-0.1, -0.05) is 31.1 Å². The van der Waals surface area contributed by atoms with Gasteiger partial charge < -0.3 is 4.74 Å². The highest BCUT2D eigenvalue weighted by atomic mass is 32.2. The Morgan fingerprint density at radius 3 is 2.30 bits per heavy atom. The molecule has 1 aromatic heterocycles. The molecule has 1 aromatic carbocycles. The van der Waals surface area contributed by atoms with Gasteiger partial charge in [0.2, 0.25) is 10.0 Å². The zero-order valence-electron chi connectivity index (χ0n) is 20.1. The molecule has 0 saturated carbocycles. The van der Waals surface area contributed by atoms with Gasteiger partial charge in [0.15, 0.2) is 5.13 Å². The van der Waals surface area contributed by atoms with E-state index >= 15 is 0 Å². The first-order valence-electron chi connectivity index (χ1n) is 11.0. The smallest absolute Gasteiger partial charge is 0.350 e. The third-order valence-electron chi connectivity index (χ3n) is 4.56. The molecule has 1 heterocycles. The fraction of sp³-hybridized carbons (Fsp3) is 0.522. The van der Waals surface area contributed by atoms with Crippen molar-refractivity contribution in [2.75, 3.05) is 18.1 Å². The number of esters is 1. The summed E-state index contributed by atoms with van der Waals surface area (Å²) in [7, 11) is -3.70. The van der Waals surface area contributed by atoms with Crippen molar-refractivity contribution in [2.24, 2.45) is 0 Å². The summed E-state index contributed by atoms with van der Waals surface area (Å²) < 4.78 is 32.8. The minimum absolute atomic E-state index is 0.0844. The standard InChI is InChI=1S/C23H33N3O5S2/c1-7-9-10-15-26(22-24-16(3)19(32-22)21(28)31-8-2)20(27)17-11-13-18(14-12-17)33(29,30)25-23(4,5)6/h11-14,25H,7-10,15H2,1-6H3. The second-order valence-corrected chi connectivity index (χ2v) is 11.3. The quantitative estimate of drug-likeness (QED) is 0.383. The van der Waals surface area contributed by atoms with Gasteiger partial charge in [0.1, 0.15) is 4.88 Å². The molecule has 0 saturated heterocycles. The van der Waals surface area contributed by atoms with Crippen LogP contribution in [0.5, 0.6) is 0 Å². The molecule has 2 rings (SSSR count). The lowest BCUT2D eigenvalue weighted by atomic mass is 10.1. The number of anilines is 1. The van der Waals surface area contributed by atoms with E-state index in [4.69, 9.17) is 4.74 Å². The van der Waals surface area contributed by atoms with E-state index in [9.17, 15) is 18.0 Å². The molecule has 0 radical (unpaired) electrons. The Morgan fingerprint density at radius 2 is 1.76 bits per heavy atom. The normalized spacial score (nSPS) is 11.9. The molecule has 0 unspecified atom stereocenters. The Kier molecular flexibility index (Phi) is 9.16. The van der Waals surface area contributed by atoms with Crippen LogP contribution in [-0.4, -0.2) is 44.0 Å². The Balaban J connectivity index is 2.35. The van der Waals surface area contributed by atoms with E-state index in [1.165, 1.54) is 24.3 Å². The largest absolute Gasteiger partial charge is 0.462 e. The number of ether oxygens (including phenoxy) is 1. The third-order valence-corrected chi connectivity index (χ3v) is 7.49. The Bertz CT molecular complexity index is 1070. The van der Waals surface area contributed by atoms with E-state index in [1.807, 2.05) is 0 Å². The summed E-state index contributed by atoms with van der Waals surface area (Å²) in [5, 5.41) is 0.419. The van der Waals surface area contributed by atoms with Crippen LogP contribution in [0, 0.1) is 6.92 Å². The first-order valence-corrected chi connectivity index (χ1v) is 13.3. The summed E-state index contributed by atoms with van der Waals surface area (Å²) in [6.45, 7) is 11.5. The first kappa shape index (κ1) is 26.9. The second kappa shape index (κ2) is 11.2. The van der Waals surface area contributed by atoms with Crippen LogP contribution in [0.4, 0.5) is 5.13 Å². The number of nitrogens with zero attached hydrogens (tertiary/aromatic N) is 2. The number of carbonyl (C=O) groups is 2. The van der Waals surface area contributed by atoms with Crippen LogP contribution >= 0.6 is 11.3 Å². The number of nitrogens with one attached hydrogen (secondary N) is 1. The van der Waals surface area contributed by atoms with Gasteiger partial charge in [-0.15, -0.1) is 0 Å². The number of aromatic nitrogens is 1. The number of aryl methyl sites for hydroxylation is 1. The molecule has 0 atom stereocenters. The highest BCUT2D eigenvalue weighted by Gasteiger charge is 2.26. The summed E-state index contributed by atoms with van der Waals surface area (Å²) in [5.41, 5.74) is 0.228. The summed E-state index contributed by atoms with van der Waals surface area (Å²) in [6.07, 6.45) is 2.70. The molecule has 1 N–H and O–H groups in total. The molecular formula is C23H33N3O5S2. The van der Waals surface area contributed by atoms with Crippen LogP contribution in [-0.2, 0) is 14.8 Å². The van der Waals surface area contributed by atoms with Crippen molar-refractivity contribution in [3.05, 3.63) is 40.4 Å². The number of thiazole rings is 1. The lowest BCUT2D eigenvalue weighted by Crippen LogP contribution is -2.40. The monoisotopic (exact) mass is 495 g/mol. The van der Waals surface area contributed by atoms with Crippen molar-refractivity contribution in [1.29, 1.82) is 0 Å². The summed E-state index contributed by atoms with van der Waals surface area (Å²) in [5.74, 6) is -0.761. The molecule has 0 bridgehead atoms. The molecule has 0 fully saturated rings. The topological polar surface area (TPSA) is 106 Å². The van der Waals surface area contributed by atoms with Crippen molar-refractivity contribution < 1.29 is 22.7 Å². The van der Waals surface area contributed by atoms with Crippen molar-refractivity contribution in [3.8, 4) is 0 Å². The lowest BCUT2D eigenvalue weighted by molar-refractivity contribution is 0.0531. The number of rotatable bonds is 10. The maximum atomic E-state index is 13.4. The number of carbonyl (C=O) groups excluding carboxylic acids is 2. The molecule has 0 aliphatic carbocycles. The van der Waals surface area contributed by atoms with E-state index in [0.29, 0.717) is 27.8 Å². The van der Waals surface area contributed by atoms with Gasteiger partial charge in [0.25, 0.3) is 5.91 Å². The van der Waals surface area contributed by atoms with Crippen LogP contribution < -0.4 is 9.62 Å². The first-order chi connectivity index (χ1) is 15.4. The van der Waals surface area contributed by atoms with Crippen molar-refractivity contribution >= 4 is 38.4 Å². The number of hydrogen-bond donors (Lipinski definition) is 1. The molecule has 0 aliphatic rings. The Hall–Kier alpha value is -2.30. The molecule has 0 aliphatic heterocycles. The molecule has 2 aromatic rings. The van der Waals surface area contributed by atoms with Crippen molar-refractivity contribution in [1.82, 2.24) is 9.71 Å². The number of sulfonamides is 1. The minimum Gasteiger partial charge on any atom is -0.462 e. The SMILES string of the molecule is CCCCCN(C(=O)c1ccc(S(=O)(=O)NC(C)(C)C)cc1)c1nc(C)c(C(=O)OCC)s1. The maximum Gasteiger partial charge on any atom is 0.350 e. The predicted molar refractivity (Wildman–Crippen MR) is 131 cm³/mol. The van der Waals surface area contributed by atoms with E-state index in [0.717, 1.165) is 30.6 Å². The van der Waals surface area contributed by atoms with Gasteiger partial charge >= 0.3 is 5.97 Å². The van der Waals surface area contributed by atoms with E-state index in [1.54, 1.807) is 39.5 Å². The van der Waals surface area contributed by atoms with Gasteiger partial charge in [-0.05, 0) is 65.3 Å². The van der Waals surface area contributed by atoms with Gasteiger partial charge in [0.05, 0.1) is 17.2 Å². The number of amides is 1. The lowest BCUT2D eigenvalue weighted by Gasteiger charge is -2.21.